The van der Waals surface area contributed by atoms with Crippen LogP contribution in [0.2, 0.25) is 0 Å². The first-order valence-electron chi connectivity index (χ1n) is 8.01. The molecule has 2 rings (SSSR count). The van der Waals surface area contributed by atoms with Crippen LogP contribution in [-0.2, 0) is 4.79 Å². The lowest BCUT2D eigenvalue weighted by atomic mass is 9.79. The van der Waals surface area contributed by atoms with E-state index in [0.717, 1.165) is 17.9 Å². The highest BCUT2D eigenvalue weighted by atomic mass is 16.5. The molecule has 0 heterocycles. The van der Waals surface area contributed by atoms with Gasteiger partial charge in [-0.3, -0.25) is 4.79 Å². The van der Waals surface area contributed by atoms with Gasteiger partial charge in [0.2, 0.25) is 5.91 Å². The zero-order valence-electron chi connectivity index (χ0n) is 13.6. The van der Waals surface area contributed by atoms with Gasteiger partial charge >= 0.3 is 0 Å². The third kappa shape index (κ3) is 3.58. The summed E-state index contributed by atoms with van der Waals surface area (Å²) in [5.74, 6) is 1.76. The van der Waals surface area contributed by atoms with Gasteiger partial charge in [0.1, 0.15) is 5.75 Å². The Morgan fingerprint density at radius 2 is 1.81 bits per heavy atom. The van der Waals surface area contributed by atoms with E-state index in [0.29, 0.717) is 5.92 Å². The average Bonchev–Trinajstić information content (AvgIpc) is 2.48. The summed E-state index contributed by atoms with van der Waals surface area (Å²) in [6, 6.07) is 7.96. The van der Waals surface area contributed by atoms with E-state index < -0.39 is 0 Å². The molecular weight excluding hydrogens is 262 g/mol. The van der Waals surface area contributed by atoms with Gasteiger partial charge in [-0.15, -0.1) is 0 Å². The van der Waals surface area contributed by atoms with Crippen LogP contribution in [0.5, 0.6) is 5.75 Å². The van der Waals surface area contributed by atoms with Gasteiger partial charge in [0.05, 0.1) is 7.11 Å². The molecule has 1 amide bonds. The van der Waals surface area contributed by atoms with Crippen LogP contribution in [0, 0.1) is 11.8 Å². The molecule has 0 N–H and O–H groups in total. The van der Waals surface area contributed by atoms with Gasteiger partial charge in [-0.1, -0.05) is 19.8 Å². The van der Waals surface area contributed by atoms with Crippen LogP contribution < -0.4 is 9.64 Å². The maximum absolute atomic E-state index is 13.0. The van der Waals surface area contributed by atoms with Gasteiger partial charge in [-0.2, -0.15) is 0 Å². The largest absolute Gasteiger partial charge is 0.497 e. The molecule has 1 fully saturated rings. The summed E-state index contributed by atoms with van der Waals surface area (Å²) in [4.78, 5) is 15.0. The van der Waals surface area contributed by atoms with Crippen molar-refractivity contribution >= 4 is 11.6 Å². The predicted octanol–water partition coefficient (Wildman–Crippen LogP) is 4.26. The molecule has 0 aliphatic heterocycles. The maximum Gasteiger partial charge on any atom is 0.230 e. The summed E-state index contributed by atoms with van der Waals surface area (Å²) < 4.78 is 5.20. The molecule has 3 heteroatoms. The van der Waals surface area contributed by atoms with Crippen molar-refractivity contribution < 1.29 is 9.53 Å². The second-order valence-electron chi connectivity index (χ2n) is 6.37. The van der Waals surface area contributed by atoms with Crippen molar-refractivity contribution in [3.05, 3.63) is 24.3 Å². The van der Waals surface area contributed by atoms with Gasteiger partial charge in [0.25, 0.3) is 0 Å². The lowest BCUT2D eigenvalue weighted by molar-refractivity contribution is -0.125. The number of amides is 1. The van der Waals surface area contributed by atoms with Crippen molar-refractivity contribution in [1.82, 2.24) is 0 Å². The van der Waals surface area contributed by atoms with Crippen LogP contribution >= 0.6 is 0 Å². The Morgan fingerprint density at radius 3 is 2.33 bits per heavy atom. The lowest BCUT2D eigenvalue weighted by Crippen LogP contribution is -2.43. The Labute approximate surface area is 128 Å². The number of hydrogen-bond donors (Lipinski definition) is 0. The molecule has 1 saturated carbocycles. The molecule has 0 bridgehead atoms. The Kier molecular flexibility index (Phi) is 5.27. The number of carbonyl (C=O) groups is 1. The molecule has 1 aromatic carbocycles. The van der Waals surface area contributed by atoms with Crippen LogP contribution in [0.15, 0.2) is 24.3 Å². The molecule has 0 aromatic heterocycles. The van der Waals surface area contributed by atoms with Crippen LogP contribution in [0.3, 0.4) is 0 Å². The van der Waals surface area contributed by atoms with Gasteiger partial charge in [-0.05, 0) is 56.9 Å². The van der Waals surface area contributed by atoms with E-state index >= 15 is 0 Å². The average molecular weight is 289 g/mol. The summed E-state index contributed by atoms with van der Waals surface area (Å²) in [6.07, 6.45) is 4.63. The number of ether oxygens (including phenoxy) is 1. The first kappa shape index (κ1) is 15.9. The second kappa shape index (κ2) is 6.97. The molecule has 2 unspecified atom stereocenters. The number of rotatable bonds is 4. The van der Waals surface area contributed by atoms with E-state index in [-0.39, 0.29) is 17.9 Å². The van der Waals surface area contributed by atoms with Gasteiger partial charge < -0.3 is 9.64 Å². The third-order valence-corrected chi connectivity index (χ3v) is 4.53. The Balaban J connectivity index is 2.22. The van der Waals surface area contributed by atoms with E-state index in [1.165, 1.54) is 19.3 Å². The quantitative estimate of drug-likeness (QED) is 0.828. The van der Waals surface area contributed by atoms with E-state index in [2.05, 4.69) is 20.8 Å². The maximum atomic E-state index is 13.0. The van der Waals surface area contributed by atoms with Gasteiger partial charge in [-0.25, -0.2) is 0 Å². The van der Waals surface area contributed by atoms with Crippen molar-refractivity contribution in [2.45, 2.75) is 52.5 Å². The SMILES string of the molecule is COc1ccc(N(C(=O)C2CCCCC2C)C(C)C)cc1. The fraction of sp³-hybridized carbons (Fsp3) is 0.611. The summed E-state index contributed by atoms with van der Waals surface area (Å²) >= 11 is 0. The lowest BCUT2D eigenvalue weighted by Gasteiger charge is -2.35. The van der Waals surface area contributed by atoms with E-state index in [9.17, 15) is 4.79 Å². The van der Waals surface area contributed by atoms with Gasteiger partial charge in [0.15, 0.2) is 0 Å². The molecule has 21 heavy (non-hydrogen) atoms. The Hall–Kier alpha value is -1.51. The van der Waals surface area contributed by atoms with Crippen LogP contribution in [-0.4, -0.2) is 19.1 Å². The highest BCUT2D eigenvalue weighted by molar-refractivity contribution is 5.95. The molecule has 0 saturated heterocycles. The first-order valence-corrected chi connectivity index (χ1v) is 8.01. The smallest absolute Gasteiger partial charge is 0.230 e. The van der Waals surface area contributed by atoms with Crippen LogP contribution in [0.25, 0.3) is 0 Å². The topological polar surface area (TPSA) is 29.5 Å². The molecule has 1 aromatic rings. The summed E-state index contributed by atoms with van der Waals surface area (Å²) in [7, 11) is 1.66. The number of hydrogen-bond acceptors (Lipinski definition) is 2. The third-order valence-electron chi connectivity index (χ3n) is 4.53. The van der Waals surface area contributed by atoms with E-state index in [1.807, 2.05) is 29.2 Å². The molecule has 0 spiro atoms. The summed E-state index contributed by atoms with van der Waals surface area (Å²) in [5, 5.41) is 0. The molecule has 3 nitrogen and oxygen atoms in total. The first-order chi connectivity index (χ1) is 10.0. The summed E-state index contributed by atoms with van der Waals surface area (Å²) in [6.45, 7) is 6.37. The normalized spacial score (nSPS) is 22.1. The van der Waals surface area contributed by atoms with Crippen molar-refractivity contribution in [2.24, 2.45) is 11.8 Å². The number of anilines is 1. The van der Waals surface area contributed by atoms with Crippen molar-refractivity contribution in [3.63, 3.8) is 0 Å². The van der Waals surface area contributed by atoms with Crippen molar-refractivity contribution in [2.75, 3.05) is 12.0 Å². The molecule has 1 aliphatic carbocycles. The van der Waals surface area contributed by atoms with Crippen molar-refractivity contribution in [3.8, 4) is 5.75 Å². The van der Waals surface area contributed by atoms with Crippen molar-refractivity contribution in [1.29, 1.82) is 0 Å². The predicted molar refractivity (Wildman–Crippen MR) is 86.7 cm³/mol. The number of nitrogens with zero attached hydrogens (tertiary/aromatic N) is 1. The molecule has 116 valence electrons. The fourth-order valence-corrected chi connectivity index (χ4v) is 3.28. The van der Waals surface area contributed by atoms with Crippen LogP contribution in [0.1, 0.15) is 46.5 Å². The highest BCUT2D eigenvalue weighted by Crippen LogP contribution is 2.33. The molecule has 2 atom stereocenters. The minimum atomic E-state index is 0.167. The standard InChI is InChI=1S/C18H27NO2/c1-13(2)19(15-9-11-16(21-4)12-10-15)18(20)17-8-6-5-7-14(17)3/h9-14,17H,5-8H2,1-4H3. The number of carbonyl (C=O) groups excluding carboxylic acids is 1. The molecular formula is C18H27NO2. The zero-order chi connectivity index (χ0) is 15.4. The van der Waals surface area contributed by atoms with E-state index in [4.69, 9.17) is 4.74 Å². The Bertz CT molecular complexity index is 467. The van der Waals surface area contributed by atoms with Gasteiger partial charge in [0, 0.05) is 17.6 Å². The van der Waals surface area contributed by atoms with E-state index in [1.54, 1.807) is 7.11 Å². The molecule has 1 aliphatic rings. The minimum absolute atomic E-state index is 0.167. The highest BCUT2D eigenvalue weighted by Gasteiger charge is 2.32. The minimum Gasteiger partial charge on any atom is -0.497 e. The monoisotopic (exact) mass is 289 g/mol. The Morgan fingerprint density at radius 1 is 1.19 bits per heavy atom. The summed E-state index contributed by atoms with van der Waals surface area (Å²) in [5.41, 5.74) is 0.966. The van der Waals surface area contributed by atoms with Crippen LogP contribution in [0.4, 0.5) is 5.69 Å². The molecule has 0 radical (unpaired) electrons. The fourth-order valence-electron chi connectivity index (χ4n) is 3.28. The zero-order valence-corrected chi connectivity index (χ0v) is 13.6. The second-order valence-corrected chi connectivity index (χ2v) is 6.37. The number of methoxy groups -OCH3 is 1. The number of benzene rings is 1.